The highest BCUT2D eigenvalue weighted by Crippen LogP contribution is 2.22. The van der Waals surface area contributed by atoms with Gasteiger partial charge < -0.3 is 0 Å². The predicted octanol–water partition coefficient (Wildman–Crippen LogP) is 4.15. The highest BCUT2D eigenvalue weighted by Gasteiger charge is 1.98. The second kappa shape index (κ2) is 3.81. The molecule has 0 aliphatic rings. The lowest BCUT2D eigenvalue weighted by molar-refractivity contribution is 0.628. The van der Waals surface area contributed by atoms with Gasteiger partial charge in [0.05, 0.1) is 0 Å². The zero-order valence-electron chi connectivity index (χ0n) is 7.37. The lowest BCUT2D eigenvalue weighted by atomic mass is 10.1. The largest absolute Gasteiger partial charge is 0.207 e. The minimum Gasteiger partial charge on any atom is -0.207 e. The molecule has 0 aromatic heterocycles. The first-order valence-electron chi connectivity index (χ1n) is 4.27. The van der Waals surface area contributed by atoms with Gasteiger partial charge in [-0.15, -0.1) is 0 Å². The number of benzene rings is 2. The van der Waals surface area contributed by atoms with Crippen LogP contribution in [0.1, 0.15) is 0 Å². The van der Waals surface area contributed by atoms with Crippen LogP contribution < -0.4 is 0 Å². The van der Waals surface area contributed by atoms with E-state index in [2.05, 4.69) is 0 Å². The van der Waals surface area contributed by atoms with Gasteiger partial charge in [0.1, 0.15) is 5.82 Å². The molecule has 0 atom stereocenters. The minimum absolute atomic E-state index is 0.234. The van der Waals surface area contributed by atoms with Crippen LogP contribution in [0.4, 0.5) is 4.39 Å². The molecule has 0 radical (unpaired) electrons. The van der Waals surface area contributed by atoms with Crippen LogP contribution in [0, 0.1) is 5.82 Å². The Hall–Kier alpha value is -1.34. The standard InChI is InChI=1S/C12H8ClF/c13-11-5-1-3-9(7-11)10-4-2-6-12(14)8-10/h1-8H. The molecule has 0 unspecified atom stereocenters. The van der Waals surface area contributed by atoms with Crippen LogP contribution in [0.2, 0.25) is 5.02 Å². The molecular weight excluding hydrogens is 199 g/mol. The molecule has 0 aliphatic carbocycles. The van der Waals surface area contributed by atoms with Gasteiger partial charge in [-0.05, 0) is 35.4 Å². The molecule has 2 heteroatoms. The molecule has 2 aromatic carbocycles. The van der Waals surface area contributed by atoms with E-state index in [0.717, 1.165) is 11.1 Å². The number of rotatable bonds is 1. The molecule has 0 saturated heterocycles. The first kappa shape index (κ1) is 9.22. The van der Waals surface area contributed by atoms with E-state index >= 15 is 0 Å². The van der Waals surface area contributed by atoms with Crippen LogP contribution in [0.25, 0.3) is 11.1 Å². The van der Waals surface area contributed by atoms with Gasteiger partial charge in [-0.2, -0.15) is 0 Å². The molecule has 0 nitrogen and oxygen atoms in total. The van der Waals surface area contributed by atoms with Crippen molar-refractivity contribution in [3.05, 3.63) is 59.4 Å². The SMILES string of the molecule is Fc1cccc(-c2cccc(Cl)c2)c1. The Kier molecular flexibility index (Phi) is 2.51. The molecule has 14 heavy (non-hydrogen) atoms. The lowest BCUT2D eigenvalue weighted by Gasteiger charge is -2.01. The zero-order valence-corrected chi connectivity index (χ0v) is 8.13. The van der Waals surface area contributed by atoms with Crippen molar-refractivity contribution in [2.24, 2.45) is 0 Å². The molecule has 0 saturated carbocycles. The van der Waals surface area contributed by atoms with E-state index < -0.39 is 0 Å². The smallest absolute Gasteiger partial charge is 0.123 e. The summed E-state index contributed by atoms with van der Waals surface area (Å²) < 4.78 is 12.9. The molecule has 0 spiro atoms. The summed E-state index contributed by atoms with van der Waals surface area (Å²) >= 11 is 5.84. The van der Waals surface area contributed by atoms with Gasteiger partial charge in [0.25, 0.3) is 0 Å². The van der Waals surface area contributed by atoms with Gasteiger partial charge in [-0.25, -0.2) is 4.39 Å². The Morgan fingerprint density at radius 1 is 0.857 bits per heavy atom. The van der Waals surface area contributed by atoms with Gasteiger partial charge in [0.2, 0.25) is 0 Å². The molecule has 0 fully saturated rings. The Balaban J connectivity index is 2.49. The Bertz CT molecular complexity index is 408. The van der Waals surface area contributed by atoms with Crippen molar-refractivity contribution in [3.8, 4) is 11.1 Å². The molecule has 0 aliphatic heterocycles. The summed E-state index contributed by atoms with van der Waals surface area (Å²) in [5, 5.41) is 0.659. The maximum Gasteiger partial charge on any atom is 0.123 e. The van der Waals surface area contributed by atoms with Crippen molar-refractivity contribution in [2.75, 3.05) is 0 Å². The summed E-state index contributed by atoms with van der Waals surface area (Å²) in [7, 11) is 0. The molecule has 70 valence electrons. The van der Waals surface area contributed by atoms with Gasteiger partial charge >= 0.3 is 0 Å². The van der Waals surface area contributed by atoms with Gasteiger partial charge in [0, 0.05) is 5.02 Å². The number of hydrogen-bond donors (Lipinski definition) is 0. The summed E-state index contributed by atoms with van der Waals surface area (Å²) in [6.45, 7) is 0. The normalized spacial score (nSPS) is 10.1. The summed E-state index contributed by atoms with van der Waals surface area (Å²) in [5.41, 5.74) is 1.77. The van der Waals surface area contributed by atoms with Crippen molar-refractivity contribution >= 4 is 11.6 Å². The fourth-order valence-electron chi connectivity index (χ4n) is 1.34. The molecule has 2 aromatic rings. The monoisotopic (exact) mass is 206 g/mol. The summed E-state index contributed by atoms with van der Waals surface area (Å²) in [6, 6.07) is 13.8. The second-order valence-electron chi connectivity index (χ2n) is 3.02. The molecule has 0 N–H and O–H groups in total. The third kappa shape index (κ3) is 1.94. The first-order valence-corrected chi connectivity index (χ1v) is 4.65. The quantitative estimate of drug-likeness (QED) is 0.658. The first-order chi connectivity index (χ1) is 6.75. The van der Waals surface area contributed by atoms with Gasteiger partial charge in [-0.1, -0.05) is 35.9 Å². The van der Waals surface area contributed by atoms with Gasteiger partial charge in [0.15, 0.2) is 0 Å². The summed E-state index contributed by atoms with van der Waals surface area (Å²) in [6.07, 6.45) is 0. The van der Waals surface area contributed by atoms with E-state index in [1.54, 1.807) is 12.1 Å². The van der Waals surface area contributed by atoms with Crippen molar-refractivity contribution in [1.82, 2.24) is 0 Å². The molecule has 0 bridgehead atoms. The molecule has 2 rings (SSSR count). The number of halogens is 2. The minimum atomic E-state index is -0.234. The maximum atomic E-state index is 12.9. The van der Waals surface area contributed by atoms with Crippen LogP contribution in [-0.4, -0.2) is 0 Å². The average Bonchev–Trinajstić information content (AvgIpc) is 2.18. The topological polar surface area (TPSA) is 0 Å². The van der Waals surface area contributed by atoms with Crippen molar-refractivity contribution in [2.45, 2.75) is 0 Å². The van der Waals surface area contributed by atoms with E-state index in [-0.39, 0.29) is 5.82 Å². The average molecular weight is 207 g/mol. The van der Waals surface area contributed by atoms with Crippen molar-refractivity contribution in [1.29, 1.82) is 0 Å². The fourth-order valence-corrected chi connectivity index (χ4v) is 1.53. The molecular formula is C12H8ClF. The Morgan fingerprint density at radius 2 is 1.50 bits per heavy atom. The third-order valence-corrected chi connectivity index (χ3v) is 2.22. The summed E-state index contributed by atoms with van der Waals surface area (Å²) in [4.78, 5) is 0. The summed E-state index contributed by atoms with van der Waals surface area (Å²) in [5.74, 6) is -0.234. The fraction of sp³-hybridized carbons (Fsp3) is 0. The lowest BCUT2D eigenvalue weighted by Crippen LogP contribution is -1.79. The molecule has 0 heterocycles. The Labute approximate surface area is 87.0 Å². The van der Waals surface area contributed by atoms with Crippen LogP contribution in [0.3, 0.4) is 0 Å². The Morgan fingerprint density at radius 3 is 2.14 bits per heavy atom. The van der Waals surface area contributed by atoms with E-state index in [4.69, 9.17) is 11.6 Å². The van der Waals surface area contributed by atoms with Crippen LogP contribution in [0.5, 0.6) is 0 Å². The maximum absolute atomic E-state index is 12.9. The molecule has 0 amide bonds. The second-order valence-corrected chi connectivity index (χ2v) is 3.46. The van der Waals surface area contributed by atoms with E-state index in [0.29, 0.717) is 5.02 Å². The zero-order chi connectivity index (χ0) is 9.97. The van der Waals surface area contributed by atoms with Crippen molar-refractivity contribution in [3.63, 3.8) is 0 Å². The van der Waals surface area contributed by atoms with Crippen LogP contribution in [0.15, 0.2) is 48.5 Å². The van der Waals surface area contributed by atoms with E-state index in [9.17, 15) is 4.39 Å². The van der Waals surface area contributed by atoms with Gasteiger partial charge in [-0.3, -0.25) is 0 Å². The van der Waals surface area contributed by atoms with E-state index in [1.807, 2.05) is 24.3 Å². The van der Waals surface area contributed by atoms with Crippen LogP contribution >= 0.6 is 11.6 Å². The van der Waals surface area contributed by atoms with Crippen molar-refractivity contribution < 1.29 is 4.39 Å². The highest BCUT2D eigenvalue weighted by atomic mass is 35.5. The predicted molar refractivity (Wildman–Crippen MR) is 56.8 cm³/mol. The van der Waals surface area contributed by atoms with Crippen LogP contribution in [-0.2, 0) is 0 Å². The highest BCUT2D eigenvalue weighted by molar-refractivity contribution is 6.30. The third-order valence-electron chi connectivity index (χ3n) is 1.98. The van der Waals surface area contributed by atoms with E-state index in [1.165, 1.54) is 12.1 Å². The number of hydrogen-bond acceptors (Lipinski definition) is 0.